The number of carbonyl (C=O) groups is 2. The third-order valence-electron chi connectivity index (χ3n) is 4.27. The predicted molar refractivity (Wildman–Crippen MR) is 109 cm³/mol. The fraction of sp³-hybridized carbons (Fsp3) is 0.529. The van der Waals surface area contributed by atoms with Gasteiger partial charge in [-0.2, -0.15) is 0 Å². The van der Waals surface area contributed by atoms with Crippen molar-refractivity contribution < 1.29 is 22.7 Å². The molecule has 0 saturated carbocycles. The number of aromatic nitrogens is 2. The molecule has 3 rings (SSSR count). The van der Waals surface area contributed by atoms with Crippen LogP contribution in [0.25, 0.3) is 10.2 Å². The van der Waals surface area contributed by atoms with Crippen LogP contribution in [0.5, 0.6) is 0 Å². The fourth-order valence-electron chi connectivity index (χ4n) is 3.01. The molecule has 0 aliphatic carbocycles. The molecule has 11 heteroatoms. The quantitative estimate of drug-likeness (QED) is 0.409. The van der Waals surface area contributed by atoms with E-state index < -0.39 is 15.8 Å². The van der Waals surface area contributed by atoms with Crippen molar-refractivity contribution >= 4 is 55.0 Å². The Morgan fingerprint density at radius 2 is 2.07 bits per heavy atom. The number of hydrogen-bond acceptors (Lipinski definition) is 9. The molecule has 0 radical (unpaired) electrons. The molecule has 1 aliphatic rings. The largest absolute Gasteiger partial charge is 0.462 e. The van der Waals surface area contributed by atoms with E-state index in [-0.39, 0.29) is 35.8 Å². The molecule has 0 spiro atoms. The van der Waals surface area contributed by atoms with Gasteiger partial charge in [-0.25, -0.2) is 23.2 Å². The molecule has 1 N–H and O–H groups in total. The van der Waals surface area contributed by atoms with E-state index in [1.54, 1.807) is 13.8 Å². The number of nitrogens with zero attached hydrogens (tertiary/aromatic N) is 2. The number of esters is 1. The SMILES string of the molecule is CCOC(=O)c1sc2nc(C)nc(SCC(=O)N[C@@H]3CCS(=O)(=O)C3)c2c1C. The maximum Gasteiger partial charge on any atom is 0.348 e. The first-order valence-electron chi connectivity index (χ1n) is 8.77. The van der Waals surface area contributed by atoms with Gasteiger partial charge in [-0.1, -0.05) is 11.8 Å². The lowest BCUT2D eigenvalue weighted by molar-refractivity contribution is -0.119. The third-order valence-corrected chi connectivity index (χ3v) is 8.18. The molecule has 3 heterocycles. The van der Waals surface area contributed by atoms with Gasteiger partial charge in [-0.15, -0.1) is 11.3 Å². The minimum absolute atomic E-state index is 0.00714. The van der Waals surface area contributed by atoms with Crippen LogP contribution in [-0.4, -0.2) is 60.2 Å². The van der Waals surface area contributed by atoms with Gasteiger partial charge in [-0.05, 0) is 32.8 Å². The molecule has 28 heavy (non-hydrogen) atoms. The molecule has 0 aromatic carbocycles. The van der Waals surface area contributed by atoms with Gasteiger partial charge in [0.15, 0.2) is 9.84 Å². The minimum atomic E-state index is -3.04. The zero-order valence-corrected chi connectivity index (χ0v) is 18.2. The fourth-order valence-corrected chi connectivity index (χ4v) is 6.81. The molecule has 1 saturated heterocycles. The zero-order valence-electron chi connectivity index (χ0n) is 15.8. The van der Waals surface area contributed by atoms with Gasteiger partial charge in [0.25, 0.3) is 0 Å². The molecule has 1 atom stereocenters. The second-order valence-electron chi connectivity index (χ2n) is 6.49. The van der Waals surface area contributed by atoms with Gasteiger partial charge in [0.2, 0.25) is 5.91 Å². The number of sulfone groups is 1. The average molecular weight is 444 g/mol. The Balaban J connectivity index is 1.77. The molecule has 152 valence electrons. The van der Waals surface area contributed by atoms with Crippen LogP contribution in [0, 0.1) is 13.8 Å². The zero-order chi connectivity index (χ0) is 20.5. The molecule has 2 aromatic rings. The lowest BCUT2D eigenvalue weighted by Gasteiger charge is -2.11. The summed E-state index contributed by atoms with van der Waals surface area (Å²) in [6.45, 7) is 5.61. The molecular weight excluding hydrogens is 422 g/mol. The molecule has 1 fully saturated rings. The minimum Gasteiger partial charge on any atom is -0.462 e. The van der Waals surface area contributed by atoms with Crippen molar-refractivity contribution in [3.8, 4) is 0 Å². The van der Waals surface area contributed by atoms with Crippen LogP contribution >= 0.6 is 23.1 Å². The Bertz CT molecular complexity index is 1030. The summed E-state index contributed by atoms with van der Waals surface area (Å²) in [5.74, 6) is 0.126. The van der Waals surface area contributed by atoms with E-state index in [2.05, 4.69) is 15.3 Å². The molecule has 1 aliphatic heterocycles. The highest BCUT2D eigenvalue weighted by atomic mass is 32.2. The molecular formula is C17H21N3O5S3. The average Bonchev–Trinajstić information content (AvgIpc) is 3.12. The normalized spacial score (nSPS) is 18.3. The predicted octanol–water partition coefficient (Wildman–Crippen LogP) is 1.88. The number of nitrogens with one attached hydrogen (secondary N) is 1. The standard InChI is InChI=1S/C17H21N3O5S3/c1-4-25-17(22)14-9(2)13-15(18-10(3)19-16(13)27-14)26-7-12(21)20-11-5-6-28(23,24)8-11/h11H,4-8H2,1-3H3,(H,20,21)/t11-/m1/s1. The number of rotatable bonds is 6. The topological polar surface area (TPSA) is 115 Å². The number of thioether (sulfide) groups is 1. The summed E-state index contributed by atoms with van der Waals surface area (Å²) in [6, 6.07) is -0.330. The van der Waals surface area contributed by atoms with Gasteiger partial charge in [-0.3, -0.25) is 4.79 Å². The smallest absolute Gasteiger partial charge is 0.348 e. The molecule has 1 amide bonds. The van der Waals surface area contributed by atoms with Gasteiger partial charge in [0.05, 0.1) is 23.9 Å². The Kier molecular flexibility index (Phi) is 6.25. The molecule has 0 unspecified atom stereocenters. The van der Waals surface area contributed by atoms with Gasteiger partial charge in [0, 0.05) is 11.4 Å². The lowest BCUT2D eigenvalue weighted by Crippen LogP contribution is -2.36. The van der Waals surface area contributed by atoms with E-state index in [4.69, 9.17) is 4.74 Å². The van der Waals surface area contributed by atoms with Gasteiger partial charge in [0.1, 0.15) is 20.6 Å². The first-order valence-corrected chi connectivity index (χ1v) is 12.4. The van der Waals surface area contributed by atoms with Crippen molar-refractivity contribution in [1.29, 1.82) is 0 Å². The Hall–Kier alpha value is -1.72. The number of amides is 1. The van der Waals surface area contributed by atoms with Crippen molar-refractivity contribution in [2.24, 2.45) is 0 Å². The highest BCUT2D eigenvalue weighted by molar-refractivity contribution is 8.00. The monoisotopic (exact) mass is 443 g/mol. The maximum absolute atomic E-state index is 12.2. The highest BCUT2D eigenvalue weighted by Gasteiger charge is 2.29. The van der Waals surface area contributed by atoms with E-state index >= 15 is 0 Å². The number of aryl methyl sites for hydroxylation is 2. The number of thiophene rings is 1. The Morgan fingerprint density at radius 3 is 2.71 bits per heavy atom. The van der Waals surface area contributed by atoms with Crippen LogP contribution in [0.3, 0.4) is 0 Å². The number of carbonyl (C=O) groups excluding carboxylic acids is 2. The van der Waals surface area contributed by atoms with Crippen LogP contribution < -0.4 is 5.32 Å². The first-order chi connectivity index (χ1) is 13.2. The van der Waals surface area contributed by atoms with E-state index in [9.17, 15) is 18.0 Å². The molecule has 8 nitrogen and oxygen atoms in total. The number of ether oxygens (including phenoxy) is 1. The summed E-state index contributed by atoms with van der Waals surface area (Å²) in [5.41, 5.74) is 0.739. The van der Waals surface area contributed by atoms with Crippen molar-refractivity contribution in [1.82, 2.24) is 15.3 Å². The summed E-state index contributed by atoms with van der Waals surface area (Å²) in [7, 11) is -3.04. The summed E-state index contributed by atoms with van der Waals surface area (Å²) in [5, 5.41) is 4.14. The second-order valence-corrected chi connectivity index (χ2v) is 10.7. The van der Waals surface area contributed by atoms with Crippen molar-refractivity contribution in [2.45, 2.75) is 38.3 Å². The van der Waals surface area contributed by atoms with E-state index in [1.165, 1.54) is 23.1 Å². The second kappa shape index (κ2) is 8.34. The van der Waals surface area contributed by atoms with Crippen LogP contribution in [0.2, 0.25) is 0 Å². The summed E-state index contributed by atoms with van der Waals surface area (Å²) in [4.78, 5) is 34.4. The van der Waals surface area contributed by atoms with Gasteiger partial charge >= 0.3 is 5.97 Å². The van der Waals surface area contributed by atoms with Gasteiger partial charge < -0.3 is 10.1 Å². The molecule has 0 bridgehead atoms. The van der Waals surface area contributed by atoms with E-state index in [0.29, 0.717) is 27.0 Å². The van der Waals surface area contributed by atoms with Crippen LogP contribution in [0.4, 0.5) is 0 Å². The van der Waals surface area contributed by atoms with Crippen LogP contribution in [0.15, 0.2) is 5.03 Å². The summed E-state index contributed by atoms with van der Waals surface area (Å²) < 4.78 is 28.1. The molecule has 2 aromatic heterocycles. The van der Waals surface area contributed by atoms with Crippen LogP contribution in [0.1, 0.15) is 34.4 Å². The Morgan fingerprint density at radius 1 is 1.32 bits per heavy atom. The summed E-state index contributed by atoms with van der Waals surface area (Å²) in [6.07, 6.45) is 0.447. The van der Waals surface area contributed by atoms with E-state index in [0.717, 1.165) is 10.9 Å². The van der Waals surface area contributed by atoms with E-state index in [1.807, 2.05) is 6.92 Å². The highest BCUT2D eigenvalue weighted by Crippen LogP contribution is 2.36. The summed E-state index contributed by atoms with van der Waals surface area (Å²) >= 11 is 2.50. The number of hydrogen-bond donors (Lipinski definition) is 1. The van der Waals surface area contributed by atoms with Crippen LogP contribution in [-0.2, 0) is 19.4 Å². The van der Waals surface area contributed by atoms with Crippen molar-refractivity contribution in [2.75, 3.05) is 23.9 Å². The Labute approximate surface area is 171 Å². The third kappa shape index (κ3) is 4.64. The van der Waals surface area contributed by atoms with Crippen molar-refractivity contribution in [3.63, 3.8) is 0 Å². The first kappa shape index (κ1) is 21.0. The maximum atomic E-state index is 12.2. The lowest BCUT2D eigenvalue weighted by atomic mass is 10.2. The number of fused-ring (bicyclic) bond motifs is 1. The van der Waals surface area contributed by atoms with Crippen molar-refractivity contribution in [3.05, 3.63) is 16.3 Å².